The van der Waals surface area contributed by atoms with Crippen molar-refractivity contribution in [2.45, 2.75) is 32.4 Å². The summed E-state index contributed by atoms with van der Waals surface area (Å²) in [7, 11) is 0. The molecule has 2 unspecified atom stereocenters. The average Bonchev–Trinajstić information content (AvgIpc) is 2.75. The van der Waals surface area contributed by atoms with Crippen LogP contribution in [-0.4, -0.2) is 19.3 Å². The number of fused-ring (bicyclic) bond motifs is 1. The molecule has 2 N–H and O–H groups in total. The van der Waals surface area contributed by atoms with Crippen LogP contribution < -0.4 is 10.5 Å². The van der Waals surface area contributed by atoms with Gasteiger partial charge in [0, 0.05) is 13.0 Å². The molecule has 1 heterocycles. The van der Waals surface area contributed by atoms with Crippen molar-refractivity contribution in [1.82, 2.24) is 0 Å². The van der Waals surface area contributed by atoms with Crippen LogP contribution in [0.2, 0.25) is 0 Å². The van der Waals surface area contributed by atoms with E-state index in [1.807, 2.05) is 26.0 Å². The zero-order valence-electron chi connectivity index (χ0n) is 9.90. The van der Waals surface area contributed by atoms with E-state index in [1.54, 1.807) is 0 Å². The third-order valence-corrected chi connectivity index (χ3v) is 3.03. The summed E-state index contributed by atoms with van der Waals surface area (Å²) in [6.07, 6.45) is 1.03. The van der Waals surface area contributed by atoms with Crippen molar-refractivity contribution in [3.05, 3.63) is 29.3 Å². The predicted molar refractivity (Wildman–Crippen MR) is 63.7 cm³/mol. The smallest absolute Gasteiger partial charge is 0.122 e. The van der Waals surface area contributed by atoms with Crippen molar-refractivity contribution < 1.29 is 9.47 Å². The van der Waals surface area contributed by atoms with Crippen molar-refractivity contribution >= 4 is 0 Å². The molecule has 1 aromatic rings. The lowest BCUT2D eigenvalue weighted by atomic mass is 10.00. The van der Waals surface area contributed by atoms with Gasteiger partial charge in [-0.05, 0) is 31.0 Å². The second-order valence-corrected chi connectivity index (χ2v) is 4.15. The second kappa shape index (κ2) is 4.85. The first-order chi connectivity index (χ1) is 7.72. The highest BCUT2D eigenvalue weighted by Gasteiger charge is 2.18. The van der Waals surface area contributed by atoms with E-state index in [9.17, 15) is 0 Å². The molecule has 2 rings (SSSR count). The highest BCUT2D eigenvalue weighted by atomic mass is 16.5. The Kier molecular flexibility index (Phi) is 3.46. The molecule has 1 aliphatic heterocycles. The van der Waals surface area contributed by atoms with Gasteiger partial charge in [-0.3, -0.25) is 0 Å². The van der Waals surface area contributed by atoms with Gasteiger partial charge in [-0.2, -0.15) is 0 Å². The van der Waals surface area contributed by atoms with Crippen molar-refractivity contribution in [3.63, 3.8) is 0 Å². The third kappa shape index (κ3) is 2.20. The quantitative estimate of drug-likeness (QED) is 0.846. The third-order valence-electron chi connectivity index (χ3n) is 3.03. The molecule has 0 radical (unpaired) electrons. The van der Waals surface area contributed by atoms with Crippen molar-refractivity contribution in [2.75, 3.05) is 13.2 Å². The summed E-state index contributed by atoms with van der Waals surface area (Å²) in [5.41, 5.74) is 8.54. The van der Waals surface area contributed by atoms with Crippen LogP contribution in [0.4, 0.5) is 0 Å². The van der Waals surface area contributed by atoms with Gasteiger partial charge in [-0.25, -0.2) is 0 Å². The molecule has 2 atom stereocenters. The maximum Gasteiger partial charge on any atom is 0.122 e. The Bertz CT molecular complexity index is 365. The Morgan fingerprint density at radius 2 is 2.31 bits per heavy atom. The fraction of sp³-hybridized carbons (Fsp3) is 0.538. The largest absolute Gasteiger partial charge is 0.493 e. The molecular weight excluding hydrogens is 202 g/mol. The van der Waals surface area contributed by atoms with E-state index in [0.29, 0.717) is 6.61 Å². The lowest BCUT2D eigenvalue weighted by molar-refractivity contribution is 0.0574. The molecule has 16 heavy (non-hydrogen) atoms. The minimum atomic E-state index is -0.0640. The first kappa shape index (κ1) is 11.4. The number of hydrogen-bond acceptors (Lipinski definition) is 3. The standard InChI is InChI=1S/C13H19NO2/c1-3-15-9(2)13(14)11-4-5-12-10(8-11)6-7-16-12/h4-5,8-9,13H,3,6-7,14H2,1-2H3. The van der Waals surface area contributed by atoms with Crippen LogP contribution in [0.25, 0.3) is 0 Å². The summed E-state index contributed by atoms with van der Waals surface area (Å²) in [6.45, 7) is 5.48. The van der Waals surface area contributed by atoms with E-state index in [1.165, 1.54) is 5.56 Å². The Morgan fingerprint density at radius 1 is 1.50 bits per heavy atom. The first-order valence-corrected chi connectivity index (χ1v) is 5.85. The van der Waals surface area contributed by atoms with E-state index < -0.39 is 0 Å². The molecule has 0 amide bonds. The minimum Gasteiger partial charge on any atom is -0.493 e. The zero-order valence-corrected chi connectivity index (χ0v) is 9.90. The molecule has 3 heteroatoms. The molecular formula is C13H19NO2. The predicted octanol–water partition coefficient (Wildman–Crippen LogP) is 2.05. The van der Waals surface area contributed by atoms with Gasteiger partial charge in [0.05, 0.1) is 18.8 Å². The van der Waals surface area contributed by atoms with Crippen LogP contribution in [0, 0.1) is 0 Å². The molecule has 1 aliphatic rings. The zero-order chi connectivity index (χ0) is 11.5. The fourth-order valence-corrected chi connectivity index (χ4v) is 2.05. The summed E-state index contributed by atoms with van der Waals surface area (Å²) >= 11 is 0. The highest BCUT2D eigenvalue weighted by Crippen LogP contribution is 2.28. The van der Waals surface area contributed by atoms with Crippen LogP contribution in [0.15, 0.2) is 18.2 Å². The van der Waals surface area contributed by atoms with Crippen molar-refractivity contribution in [2.24, 2.45) is 5.73 Å². The number of rotatable bonds is 4. The summed E-state index contributed by atoms with van der Waals surface area (Å²) in [5.74, 6) is 1.00. The highest BCUT2D eigenvalue weighted by molar-refractivity contribution is 5.40. The van der Waals surface area contributed by atoms with E-state index in [0.717, 1.165) is 24.3 Å². The summed E-state index contributed by atoms with van der Waals surface area (Å²) in [6, 6.07) is 6.12. The summed E-state index contributed by atoms with van der Waals surface area (Å²) in [4.78, 5) is 0. The number of ether oxygens (including phenoxy) is 2. The molecule has 88 valence electrons. The Balaban J connectivity index is 2.14. The van der Waals surface area contributed by atoms with Crippen molar-refractivity contribution in [1.29, 1.82) is 0 Å². The van der Waals surface area contributed by atoms with Gasteiger partial charge in [-0.15, -0.1) is 0 Å². The average molecular weight is 221 g/mol. The SMILES string of the molecule is CCOC(C)C(N)c1ccc2c(c1)CCO2. The van der Waals surface area contributed by atoms with Gasteiger partial charge in [0.15, 0.2) is 0 Å². The number of nitrogens with two attached hydrogens (primary N) is 1. The van der Waals surface area contributed by atoms with Crippen LogP contribution in [0.3, 0.4) is 0 Å². The van der Waals surface area contributed by atoms with E-state index in [4.69, 9.17) is 15.2 Å². The lowest BCUT2D eigenvalue weighted by Crippen LogP contribution is -2.26. The molecule has 0 aliphatic carbocycles. The van der Waals surface area contributed by atoms with Gasteiger partial charge in [-0.1, -0.05) is 12.1 Å². The van der Waals surface area contributed by atoms with Gasteiger partial charge in [0.1, 0.15) is 5.75 Å². The van der Waals surface area contributed by atoms with E-state index in [-0.39, 0.29) is 12.1 Å². The lowest BCUT2D eigenvalue weighted by Gasteiger charge is -2.20. The molecule has 0 saturated heterocycles. The maximum atomic E-state index is 6.15. The van der Waals surface area contributed by atoms with Gasteiger partial charge < -0.3 is 15.2 Å². The normalized spacial score (nSPS) is 17.7. The van der Waals surface area contributed by atoms with Crippen molar-refractivity contribution in [3.8, 4) is 5.75 Å². The summed E-state index contributed by atoms with van der Waals surface area (Å²) < 4.78 is 11.0. The Hall–Kier alpha value is -1.06. The van der Waals surface area contributed by atoms with Crippen LogP contribution in [0.1, 0.15) is 31.0 Å². The van der Waals surface area contributed by atoms with E-state index >= 15 is 0 Å². The minimum absolute atomic E-state index is 0.0466. The second-order valence-electron chi connectivity index (χ2n) is 4.15. The molecule has 0 aromatic heterocycles. The monoisotopic (exact) mass is 221 g/mol. The van der Waals surface area contributed by atoms with Gasteiger partial charge >= 0.3 is 0 Å². The number of benzene rings is 1. The molecule has 1 aromatic carbocycles. The first-order valence-electron chi connectivity index (χ1n) is 5.85. The van der Waals surface area contributed by atoms with Crippen LogP contribution in [0.5, 0.6) is 5.75 Å². The Labute approximate surface area is 96.5 Å². The molecule has 0 saturated carbocycles. The van der Waals surface area contributed by atoms with Gasteiger partial charge in [0.25, 0.3) is 0 Å². The Morgan fingerprint density at radius 3 is 3.06 bits per heavy atom. The topological polar surface area (TPSA) is 44.5 Å². The van der Waals surface area contributed by atoms with Crippen LogP contribution in [-0.2, 0) is 11.2 Å². The molecule has 0 fully saturated rings. The van der Waals surface area contributed by atoms with E-state index in [2.05, 4.69) is 6.07 Å². The fourth-order valence-electron chi connectivity index (χ4n) is 2.05. The van der Waals surface area contributed by atoms with Crippen LogP contribution >= 0.6 is 0 Å². The molecule has 0 spiro atoms. The van der Waals surface area contributed by atoms with Gasteiger partial charge in [0.2, 0.25) is 0 Å². The number of hydrogen-bond donors (Lipinski definition) is 1. The maximum absolute atomic E-state index is 6.15. The summed E-state index contributed by atoms with van der Waals surface area (Å²) in [5, 5.41) is 0. The molecule has 3 nitrogen and oxygen atoms in total. The molecule has 0 bridgehead atoms.